The third-order valence-corrected chi connectivity index (χ3v) is 5.56. The summed E-state index contributed by atoms with van der Waals surface area (Å²) in [5.41, 5.74) is -0.0594. The van der Waals surface area contributed by atoms with Gasteiger partial charge in [0.1, 0.15) is 11.5 Å². The molecule has 3 rings (SSSR count). The predicted molar refractivity (Wildman–Crippen MR) is 113 cm³/mol. The van der Waals surface area contributed by atoms with Crippen molar-refractivity contribution < 1.29 is 23.6 Å². The van der Waals surface area contributed by atoms with E-state index < -0.39 is 18.3 Å². The first-order chi connectivity index (χ1) is 13.7. The van der Waals surface area contributed by atoms with Gasteiger partial charge in [-0.3, -0.25) is 4.79 Å². The van der Waals surface area contributed by atoms with Crippen LogP contribution >= 0.6 is 0 Å². The highest BCUT2D eigenvalue weighted by Gasteiger charge is 2.54. The normalized spacial score (nSPS) is 18.3. The summed E-state index contributed by atoms with van der Waals surface area (Å²) in [6.07, 6.45) is 0.166. The van der Waals surface area contributed by atoms with Crippen LogP contribution in [0.4, 0.5) is 0 Å². The topological polar surface area (TPSA) is 54.0 Å². The van der Waals surface area contributed by atoms with Gasteiger partial charge in [0.25, 0.3) is 0 Å². The highest BCUT2D eigenvalue weighted by molar-refractivity contribution is 6.48. The number of esters is 1. The molecule has 1 saturated heterocycles. The van der Waals surface area contributed by atoms with Crippen LogP contribution in [0.25, 0.3) is 0 Å². The lowest BCUT2D eigenvalue weighted by molar-refractivity contribution is -0.143. The number of ether oxygens (including phenoxy) is 2. The molecule has 0 aromatic heterocycles. The second-order valence-corrected chi connectivity index (χ2v) is 8.23. The Labute approximate surface area is 173 Å². The van der Waals surface area contributed by atoms with Gasteiger partial charge in [0.15, 0.2) is 0 Å². The maximum Gasteiger partial charge on any atom is 0.466 e. The van der Waals surface area contributed by atoms with E-state index >= 15 is 0 Å². The summed E-state index contributed by atoms with van der Waals surface area (Å²) in [5.74, 6) is 0.859. The summed E-state index contributed by atoms with van der Waals surface area (Å²) < 4.78 is 23.7. The molecule has 0 spiro atoms. The second kappa shape index (κ2) is 8.60. The Bertz CT molecular complexity index is 818. The van der Waals surface area contributed by atoms with E-state index in [1.165, 1.54) is 0 Å². The summed E-state index contributed by atoms with van der Waals surface area (Å²) >= 11 is 0. The van der Waals surface area contributed by atoms with Gasteiger partial charge in [-0.25, -0.2) is 0 Å². The Hall–Kier alpha value is -2.31. The van der Waals surface area contributed by atoms with Crippen LogP contribution in [0, 0.1) is 0 Å². The minimum atomic E-state index is -0.559. The minimum Gasteiger partial charge on any atom is -0.466 e. The molecule has 1 heterocycles. The number of benzene rings is 2. The van der Waals surface area contributed by atoms with Crippen LogP contribution in [-0.2, 0) is 18.8 Å². The molecule has 1 aliphatic rings. The van der Waals surface area contributed by atoms with Gasteiger partial charge in [-0.15, -0.1) is 0 Å². The van der Waals surface area contributed by atoms with Gasteiger partial charge in [-0.2, -0.15) is 0 Å². The van der Waals surface area contributed by atoms with Crippen molar-refractivity contribution in [2.45, 2.75) is 58.1 Å². The Morgan fingerprint density at radius 1 is 0.966 bits per heavy atom. The molecule has 0 aliphatic carbocycles. The molecule has 1 unspecified atom stereocenters. The van der Waals surface area contributed by atoms with E-state index in [0.29, 0.717) is 12.4 Å². The van der Waals surface area contributed by atoms with Crippen LogP contribution < -0.4 is 4.74 Å². The molecular formula is C23H29BO5. The highest BCUT2D eigenvalue weighted by atomic mass is 16.7. The third kappa shape index (κ3) is 5.00. The average molecular weight is 396 g/mol. The van der Waals surface area contributed by atoms with Crippen LogP contribution in [0.15, 0.2) is 54.6 Å². The molecule has 1 fully saturated rings. The Balaban J connectivity index is 1.88. The van der Waals surface area contributed by atoms with Crippen LogP contribution in [0.5, 0.6) is 11.5 Å². The number of carbonyl (C=O) groups excluding carboxylic acids is 1. The molecule has 5 nitrogen and oxygen atoms in total. The summed E-state index contributed by atoms with van der Waals surface area (Å²) in [6, 6.07) is 17.3. The van der Waals surface area contributed by atoms with Gasteiger partial charge in [0, 0.05) is 5.82 Å². The van der Waals surface area contributed by atoms with E-state index in [0.717, 1.165) is 11.3 Å². The average Bonchev–Trinajstić information content (AvgIpc) is 2.88. The Morgan fingerprint density at radius 2 is 1.59 bits per heavy atom. The molecule has 2 aromatic carbocycles. The lowest BCUT2D eigenvalue weighted by Crippen LogP contribution is -2.41. The third-order valence-electron chi connectivity index (χ3n) is 5.56. The molecule has 154 valence electrons. The zero-order valence-electron chi connectivity index (χ0n) is 17.8. The Morgan fingerprint density at radius 3 is 2.21 bits per heavy atom. The first-order valence-corrected chi connectivity index (χ1v) is 10.1. The molecule has 0 bridgehead atoms. The van der Waals surface area contributed by atoms with E-state index in [-0.39, 0.29) is 18.2 Å². The molecule has 6 heteroatoms. The molecule has 1 aliphatic heterocycles. The van der Waals surface area contributed by atoms with Gasteiger partial charge in [0.2, 0.25) is 0 Å². The van der Waals surface area contributed by atoms with Gasteiger partial charge in [-0.05, 0) is 64.4 Å². The van der Waals surface area contributed by atoms with E-state index in [2.05, 4.69) is 0 Å². The summed E-state index contributed by atoms with van der Waals surface area (Å²) in [7, 11) is -0.559. The Kier molecular flexibility index (Phi) is 6.34. The lowest BCUT2D eigenvalue weighted by atomic mass is 9.66. The molecular weight excluding hydrogens is 367 g/mol. The van der Waals surface area contributed by atoms with Crippen LogP contribution in [0.3, 0.4) is 0 Å². The standard InChI is InChI=1S/C23H29BO5/c1-6-26-21(25)16-20(24-28-22(2,3)23(4,5)29-24)17-11-10-14-19(15-17)27-18-12-8-7-9-13-18/h7-15,20H,6,16H2,1-5H3. The molecule has 1 atom stereocenters. The quantitative estimate of drug-likeness (QED) is 0.479. The maximum atomic E-state index is 12.3. The monoisotopic (exact) mass is 396 g/mol. The van der Waals surface area contributed by atoms with E-state index in [1.54, 1.807) is 6.92 Å². The number of rotatable bonds is 7. The summed E-state index contributed by atoms with van der Waals surface area (Å²) in [5, 5.41) is 0. The SMILES string of the molecule is CCOC(=O)CC(B1OC(C)(C)C(C)(C)O1)c1cccc(Oc2ccccc2)c1. The van der Waals surface area contributed by atoms with Crippen molar-refractivity contribution in [3.63, 3.8) is 0 Å². The van der Waals surface area contributed by atoms with E-state index in [9.17, 15) is 4.79 Å². The van der Waals surface area contributed by atoms with Crippen molar-refractivity contribution in [1.82, 2.24) is 0 Å². The van der Waals surface area contributed by atoms with Gasteiger partial charge < -0.3 is 18.8 Å². The van der Waals surface area contributed by atoms with Crippen molar-refractivity contribution in [2.75, 3.05) is 6.61 Å². The van der Waals surface area contributed by atoms with Gasteiger partial charge >= 0.3 is 13.1 Å². The van der Waals surface area contributed by atoms with Gasteiger partial charge in [-0.1, -0.05) is 30.3 Å². The summed E-state index contributed by atoms with van der Waals surface area (Å²) in [6.45, 7) is 10.2. The number of hydrogen-bond acceptors (Lipinski definition) is 5. The molecule has 0 radical (unpaired) electrons. The number of carbonyl (C=O) groups is 1. The zero-order valence-corrected chi connectivity index (χ0v) is 17.8. The fraction of sp³-hybridized carbons (Fsp3) is 0.435. The first-order valence-electron chi connectivity index (χ1n) is 10.1. The molecule has 0 amide bonds. The molecule has 29 heavy (non-hydrogen) atoms. The predicted octanol–water partition coefficient (Wildman–Crippen LogP) is 5.15. The summed E-state index contributed by atoms with van der Waals surface area (Å²) in [4.78, 5) is 12.3. The zero-order chi connectivity index (χ0) is 21.1. The van der Waals surface area contributed by atoms with E-state index in [1.807, 2.05) is 82.3 Å². The van der Waals surface area contributed by atoms with Crippen molar-refractivity contribution >= 4 is 13.1 Å². The first kappa shape index (κ1) is 21.4. The number of para-hydroxylation sites is 1. The van der Waals surface area contributed by atoms with Crippen molar-refractivity contribution in [1.29, 1.82) is 0 Å². The number of hydrogen-bond donors (Lipinski definition) is 0. The molecule has 0 N–H and O–H groups in total. The highest BCUT2D eigenvalue weighted by Crippen LogP contribution is 2.42. The largest absolute Gasteiger partial charge is 0.466 e. The lowest BCUT2D eigenvalue weighted by Gasteiger charge is -2.32. The van der Waals surface area contributed by atoms with Crippen LogP contribution in [-0.4, -0.2) is 30.9 Å². The van der Waals surface area contributed by atoms with Crippen molar-refractivity contribution in [3.8, 4) is 11.5 Å². The smallest absolute Gasteiger partial charge is 0.466 e. The maximum absolute atomic E-state index is 12.3. The molecule has 2 aromatic rings. The fourth-order valence-electron chi connectivity index (χ4n) is 3.26. The van der Waals surface area contributed by atoms with Crippen molar-refractivity contribution in [3.05, 3.63) is 60.2 Å². The van der Waals surface area contributed by atoms with Crippen molar-refractivity contribution in [2.24, 2.45) is 0 Å². The van der Waals surface area contributed by atoms with Crippen LogP contribution in [0.1, 0.15) is 52.4 Å². The fourth-order valence-corrected chi connectivity index (χ4v) is 3.26. The molecule has 0 saturated carbocycles. The minimum absolute atomic E-state index is 0.166. The van der Waals surface area contributed by atoms with Gasteiger partial charge in [0.05, 0.1) is 24.2 Å². The van der Waals surface area contributed by atoms with E-state index in [4.69, 9.17) is 18.8 Å². The second-order valence-electron chi connectivity index (χ2n) is 8.23. The van der Waals surface area contributed by atoms with Crippen LogP contribution in [0.2, 0.25) is 0 Å².